The lowest BCUT2D eigenvalue weighted by molar-refractivity contribution is -0.0541. The largest absolute Gasteiger partial charge is 0.503 e. The van der Waals surface area contributed by atoms with Crippen LogP contribution < -0.4 is 5.43 Å². The third-order valence-corrected chi connectivity index (χ3v) is 3.14. The van der Waals surface area contributed by atoms with Crippen molar-refractivity contribution in [2.45, 2.75) is 31.5 Å². The number of aromatic hydroxyl groups is 1. The van der Waals surface area contributed by atoms with Gasteiger partial charge in [0, 0.05) is 12.3 Å². The first kappa shape index (κ1) is 13.0. The Morgan fingerprint density at radius 1 is 1.39 bits per heavy atom. The van der Waals surface area contributed by atoms with Gasteiger partial charge in [0.15, 0.2) is 12.0 Å². The van der Waals surface area contributed by atoms with Crippen molar-refractivity contribution < 1.29 is 25.2 Å². The molecule has 1 unspecified atom stereocenters. The van der Waals surface area contributed by atoms with Crippen molar-refractivity contribution in [2.24, 2.45) is 0 Å². The van der Waals surface area contributed by atoms with Crippen LogP contribution in [0, 0.1) is 6.92 Å². The monoisotopic (exact) mass is 257 g/mol. The minimum absolute atomic E-state index is 0.220. The summed E-state index contributed by atoms with van der Waals surface area (Å²) in [6.45, 7) is 1.06. The smallest absolute Gasteiger partial charge is 0.223 e. The second-order valence-electron chi connectivity index (χ2n) is 4.25. The van der Waals surface area contributed by atoms with Gasteiger partial charge in [-0.1, -0.05) is 0 Å². The summed E-state index contributed by atoms with van der Waals surface area (Å²) in [4.78, 5) is 11.2. The maximum Gasteiger partial charge on any atom is 0.223 e. The van der Waals surface area contributed by atoms with Crippen LogP contribution in [0.4, 0.5) is 0 Å². The molecule has 0 bridgehead atoms. The molecule has 4 atom stereocenters. The van der Waals surface area contributed by atoms with Crippen LogP contribution in [0.1, 0.15) is 11.9 Å². The molecule has 1 fully saturated rings. The van der Waals surface area contributed by atoms with Gasteiger partial charge in [0.25, 0.3) is 0 Å². The highest BCUT2D eigenvalue weighted by atomic mass is 16.6. The van der Waals surface area contributed by atoms with Crippen LogP contribution >= 0.6 is 0 Å². The maximum absolute atomic E-state index is 11.2. The Balaban J connectivity index is 2.39. The molecule has 0 amide bonds. The predicted molar refractivity (Wildman–Crippen MR) is 60.1 cm³/mol. The van der Waals surface area contributed by atoms with Crippen LogP contribution in [-0.2, 0) is 4.74 Å². The number of aromatic nitrogens is 1. The molecule has 0 saturated carbocycles. The fourth-order valence-electron chi connectivity index (χ4n) is 2.02. The Morgan fingerprint density at radius 3 is 2.61 bits per heavy atom. The molecule has 100 valence electrons. The third-order valence-electron chi connectivity index (χ3n) is 3.14. The zero-order chi connectivity index (χ0) is 13.4. The van der Waals surface area contributed by atoms with Crippen molar-refractivity contribution in [3.05, 3.63) is 28.2 Å². The van der Waals surface area contributed by atoms with Crippen molar-refractivity contribution in [3.63, 3.8) is 0 Å². The molecule has 18 heavy (non-hydrogen) atoms. The molecular weight excluding hydrogens is 242 g/mol. The van der Waals surface area contributed by atoms with E-state index in [-0.39, 0.29) is 5.69 Å². The molecule has 0 aliphatic carbocycles. The molecule has 2 rings (SSSR count). The van der Waals surface area contributed by atoms with E-state index in [2.05, 4.69) is 0 Å². The predicted octanol–water partition coefficient (Wildman–Crippen LogP) is -1.53. The highest BCUT2D eigenvalue weighted by Crippen LogP contribution is 2.30. The van der Waals surface area contributed by atoms with Gasteiger partial charge in [-0.25, -0.2) is 0 Å². The fourth-order valence-corrected chi connectivity index (χ4v) is 2.02. The van der Waals surface area contributed by atoms with Crippen LogP contribution in [0.2, 0.25) is 0 Å². The van der Waals surface area contributed by atoms with E-state index in [0.717, 1.165) is 6.07 Å². The minimum Gasteiger partial charge on any atom is -0.503 e. The topological polar surface area (TPSA) is 112 Å². The minimum atomic E-state index is -1.25. The molecule has 1 aromatic rings. The molecule has 0 aromatic carbocycles. The lowest BCUT2D eigenvalue weighted by Crippen LogP contribution is -2.33. The Hall–Kier alpha value is -1.41. The second-order valence-corrected chi connectivity index (χ2v) is 4.25. The number of hydrogen-bond acceptors (Lipinski definition) is 6. The molecule has 1 aliphatic heterocycles. The standard InChI is InChI=1S/C11H15NO6/c1-5-8(15)6(14)2-3-12(5)11-10(17)9(16)7(4-13)18-11/h2-3,7,9-11,13,15-17H,4H2,1H3/t7-,9-,10-,11?/m1/s1. The van der Waals surface area contributed by atoms with Crippen molar-refractivity contribution in [2.75, 3.05) is 6.61 Å². The van der Waals surface area contributed by atoms with E-state index >= 15 is 0 Å². The van der Waals surface area contributed by atoms with Gasteiger partial charge < -0.3 is 29.7 Å². The number of ether oxygens (including phenoxy) is 1. The van der Waals surface area contributed by atoms with Crippen molar-refractivity contribution in [1.29, 1.82) is 0 Å². The molecule has 0 spiro atoms. The Labute approximate surface area is 102 Å². The van der Waals surface area contributed by atoms with E-state index in [1.54, 1.807) is 0 Å². The van der Waals surface area contributed by atoms with Gasteiger partial charge in [0.2, 0.25) is 5.43 Å². The Bertz CT molecular complexity index is 499. The maximum atomic E-state index is 11.2. The highest BCUT2D eigenvalue weighted by Gasteiger charge is 2.43. The van der Waals surface area contributed by atoms with E-state index in [9.17, 15) is 20.1 Å². The van der Waals surface area contributed by atoms with Gasteiger partial charge >= 0.3 is 0 Å². The summed E-state index contributed by atoms with van der Waals surface area (Å²) in [5.41, 5.74) is -0.312. The average molecular weight is 257 g/mol. The molecule has 2 heterocycles. The molecule has 0 radical (unpaired) electrons. The summed E-state index contributed by atoms with van der Waals surface area (Å²) >= 11 is 0. The van der Waals surface area contributed by atoms with Gasteiger partial charge in [0.05, 0.1) is 12.3 Å². The van der Waals surface area contributed by atoms with Crippen LogP contribution in [-0.4, -0.2) is 49.9 Å². The van der Waals surface area contributed by atoms with Crippen molar-refractivity contribution >= 4 is 0 Å². The van der Waals surface area contributed by atoms with Gasteiger partial charge in [-0.15, -0.1) is 0 Å². The molecule has 1 saturated heterocycles. The third kappa shape index (κ3) is 1.91. The van der Waals surface area contributed by atoms with E-state index < -0.39 is 42.3 Å². The first-order valence-corrected chi connectivity index (χ1v) is 5.50. The van der Waals surface area contributed by atoms with Gasteiger partial charge in [-0.05, 0) is 6.92 Å². The Kier molecular flexibility index (Phi) is 3.40. The summed E-state index contributed by atoms with van der Waals surface area (Å²) in [6.07, 6.45) is -2.96. The number of hydrogen-bond donors (Lipinski definition) is 4. The van der Waals surface area contributed by atoms with Crippen LogP contribution in [0.25, 0.3) is 0 Å². The lowest BCUT2D eigenvalue weighted by atomic mass is 10.1. The number of pyridine rings is 1. The second kappa shape index (κ2) is 4.69. The normalized spacial score (nSPS) is 31.8. The van der Waals surface area contributed by atoms with Gasteiger partial charge in [0.1, 0.15) is 18.3 Å². The summed E-state index contributed by atoms with van der Waals surface area (Å²) in [7, 11) is 0. The van der Waals surface area contributed by atoms with Crippen LogP contribution in [0.3, 0.4) is 0 Å². The summed E-state index contributed by atoms with van der Waals surface area (Å²) < 4.78 is 6.64. The van der Waals surface area contributed by atoms with E-state index in [4.69, 9.17) is 9.84 Å². The summed E-state index contributed by atoms with van der Waals surface area (Å²) in [5.74, 6) is -0.435. The zero-order valence-corrected chi connectivity index (χ0v) is 9.72. The summed E-state index contributed by atoms with van der Waals surface area (Å²) in [5, 5.41) is 38.0. The number of aliphatic hydroxyl groups is 3. The molecule has 4 N–H and O–H groups in total. The average Bonchev–Trinajstić information content (AvgIpc) is 2.64. The number of rotatable bonds is 2. The van der Waals surface area contributed by atoms with Gasteiger partial charge in [-0.2, -0.15) is 0 Å². The number of aliphatic hydroxyl groups excluding tert-OH is 3. The highest BCUT2D eigenvalue weighted by molar-refractivity contribution is 5.25. The van der Waals surface area contributed by atoms with Crippen molar-refractivity contribution in [3.8, 4) is 5.75 Å². The molecule has 7 nitrogen and oxygen atoms in total. The first-order chi connectivity index (χ1) is 8.47. The quantitative estimate of drug-likeness (QED) is 0.511. The SMILES string of the molecule is Cc1c(O)c(=O)ccn1C1O[C@H](CO)[C@@H](O)[C@H]1O. The van der Waals surface area contributed by atoms with E-state index in [1.807, 2.05) is 0 Å². The fraction of sp³-hybridized carbons (Fsp3) is 0.545. The molecule has 7 heteroatoms. The van der Waals surface area contributed by atoms with Crippen LogP contribution in [0.15, 0.2) is 17.1 Å². The van der Waals surface area contributed by atoms with Crippen LogP contribution in [0.5, 0.6) is 5.75 Å². The lowest BCUT2D eigenvalue weighted by Gasteiger charge is -2.21. The van der Waals surface area contributed by atoms with Gasteiger partial charge in [-0.3, -0.25) is 4.79 Å². The van der Waals surface area contributed by atoms with Crippen molar-refractivity contribution in [1.82, 2.24) is 4.57 Å². The molecule has 1 aromatic heterocycles. The van der Waals surface area contributed by atoms with E-state index in [0.29, 0.717) is 0 Å². The summed E-state index contributed by atoms with van der Waals surface area (Å²) in [6, 6.07) is 1.14. The van der Waals surface area contributed by atoms with E-state index in [1.165, 1.54) is 17.7 Å². The molecule has 1 aliphatic rings. The number of nitrogens with zero attached hydrogens (tertiary/aromatic N) is 1. The first-order valence-electron chi connectivity index (χ1n) is 5.50. The zero-order valence-electron chi connectivity index (χ0n) is 9.72. The Morgan fingerprint density at radius 2 is 2.06 bits per heavy atom. The molecular formula is C11H15NO6.